The number of fused-ring (bicyclic) bond motifs is 2. The third-order valence-corrected chi connectivity index (χ3v) is 7.07. The van der Waals surface area contributed by atoms with Gasteiger partial charge in [-0.3, -0.25) is 9.48 Å². The van der Waals surface area contributed by atoms with Crippen LogP contribution >= 0.6 is 0 Å². The van der Waals surface area contributed by atoms with Gasteiger partial charge < -0.3 is 25.6 Å². The fourth-order valence-electron chi connectivity index (χ4n) is 5.47. The second kappa shape index (κ2) is 9.80. The molecule has 0 unspecified atom stereocenters. The Balaban J connectivity index is 1.38. The maximum absolute atomic E-state index is 14.7. The van der Waals surface area contributed by atoms with Gasteiger partial charge in [0.05, 0.1) is 23.7 Å². The highest BCUT2D eigenvalue weighted by Gasteiger charge is 2.25. The Kier molecular flexibility index (Phi) is 6.32. The maximum atomic E-state index is 14.7. The average molecular weight is 519 g/mol. The van der Waals surface area contributed by atoms with Crippen molar-refractivity contribution in [3.63, 3.8) is 0 Å². The van der Waals surface area contributed by atoms with Crippen LogP contribution in [0.25, 0.3) is 21.8 Å². The quantitative estimate of drug-likeness (QED) is 0.369. The van der Waals surface area contributed by atoms with E-state index in [0.717, 1.165) is 30.6 Å². The van der Waals surface area contributed by atoms with Crippen LogP contribution in [-0.2, 0) is 11.8 Å². The van der Waals surface area contributed by atoms with Crippen LogP contribution < -0.4 is 20.9 Å². The fraction of sp³-hybridized carbons (Fsp3) is 0.407. The number of anilines is 3. The number of carbonyl (C=O) groups is 1. The van der Waals surface area contributed by atoms with Crippen molar-refractivity contribution in [1.82, 2.24) is 25.1 Å². The molecule has 4 aromatic rings. The Morgan fingerprint density at radius 2 is 2.00 bits per heavy atom. The van der Waals surface area contributed by atoms with Crippen molar-refractivity contribution in [3.05, 3.63) is 48.0 Å². The summed E-state index contributed by atoms with van der Waals surface area (Å²) in [7, 11) is 1.73. The molecular weight excluding hydrogens is 487 g/mol. The van der Waals surface area contributed by atoms with Crippen molar-refractivity contribution >= 4 is 45.0 Å². The van der Waals surface area contributed by atoms with Gasteiger partial charge in [-0.1, -0.05) is 0 Å². The first-order chi connectivity index (χ1) is 18.3. The number of aromatic nitrogens is 4. The number of nitrogens with one attached hydrogen (secondary N) is 3. The highest BCUT2D eigenvalue weighted by Crippen LogP contribution is 2.31. The lowest BCUT2D eigenvalue weighted by Crippen LogP contribution is -2.54. The molecule has 3 atom stereocenters. The topological polar surface area (TPSA) is 109 Å². The Hall–Kier alpha value is -3.83. The lowest BCUT2D eigenvalue weighted by Gasteiger charge is -2.38. The third kappa shape index (κ3) is 4.74. The molecule has 6 rings (SSSR count). The van der Waals surface area contributed by atoms with Crippen LogP contribution in [0.5, 0.6) is 0 Å². The number of piperazine rings is 1. The van der Waals surface area contributed by atoms with E-state index in [2.05, 4.69) is 44.8 Å². The first kappa shape index (κ1) is 24.5. The summed E-state index contributed by atoms with van der Waals surface area (Å²) in [6, 6.07) is 7.50. The van der Waals surface area contributed by atoms with Crippen molar-refractivity contribution in [2.24, 2.45) is 7.05 Å². The molecule has 0 spiro atoms. The van der Waals surface area contributed by atoms with Gasteiger partial charge in [0.15, 0.2) is 5.82 Å². The Labute approximate surface area is 219 Å². The standard InChI is InChI=1S/C27H31FN8O2/c1-15-11-36(12-16(2)30-15)23-5-4-20(25-21(23)10-29-27(33-25)32-18-6-7-38-14-18)26(37)31-19-8-17-13-35(3)34-24(17)22(28)9-19/h4-5,8-10,13,15-16,18,30H,6-7,11-12,14H2,1-3H3,(H,31,37)(H,29,32,33)/t15-,16-,18+/m1/s1. The third-order valence-electron chi connectivity index (χ3n) is 7.07. The van der Waals surface area contributed by atoms with Gasteiger partial charge in [-0.15, -0.1) is 0 Å². The maximum Gasteiger partial charge on any atom is 0.257 e. The molecule has 10 nitrogen and oxygen atoms in total. The number of hydrogen-bond acceptors (Lipinski definition) is 8. The van der Waals surface area contributed by atoms with Gasteiger partial charge in [0.2, 0.25) is 5.95 Å². The molecule has 2 saturated heterocycles. The summed E-state index contributed by atoms with van der Waals surface area (Å²) in [6.07, 6.45) is 4.37. The first-order valence-electron chi connectivity index (χ1n) is 12.9. The van der Waals surface area contributed by atoms with Crippen LogP contribution in [0, 0.1) is 5.82 Å². The predicted octanol–water partition coefficient (Wildman–Crippen LogP) is 3.30. The van der Waals surface area contributed by atoms with E-state index in [-0.39, 0.29) is 17.5 Å². The van der Waals surface area contributed by atoms with Gasteiger partial charge in [-0.25, -0.2) is 14.4 Å². The predicted molar refractivity (Wildman–Crippen MR) is 145 cm³/mol. The molecule has 198 valence electrons. The molecule has 3 N–H and O–H groups in total. The normalized spacial score (nSPS) is 21.8. The van der Waals surface area contributed by atoms with E-state index in [9.17, 15) is 9.18 Å². The number of aryl methyl sites for hydroxylation is 1. The van der Waals surface area contributed by atoms with Gasteiger partial charge in [0.1, 0.15) is 5.52 Å². The van der Waals surface area contributed by atoms with Crippen molar-refractivity contribution in [3.8, 4) is 0 Å². The zero-order valence-electron chi connectivity index (χ0n) is 21.7. The number of rotatable bonds is 5. The summed E-state index contributed by atoms with van der Waals surface area (Å²) >= 11 is 0. The molecule has 0 saturated carbocycles. The molecule has 38 heavy (non-hydrogen) atoms. The average Bonchev–Trinajstić information content (AvgIpc) is 3.51. The summed E-state index contributed by atoms with van der Waals surface area (Å²) < 4.78 is 21.7. The highest BCUT2D eigenvalue weighted by molar-refractivity contribution is 6.14. The van der Waals surface area contributed by atoms with Gasteiger partial charge in [-0.2, -0.15) is 5.10 Å². The van der Waals surface area contributed by atoms with Gasteiger partial charge in [0, 0.05) is 73.4 Å². The van der Waals surface area contributed by atoms with E-state index in [0.29, 0.717) is 53.4 Å². The number of ether oxygens (including phenoxy) is 1. The zero-order valence-corrected chi connectivity index (χ0v) is 21.7. The minimum atomic E-state index is -0.492. The van der Waals surface area contributed by atoms with E-state index in [1.807, 2.05) is 6.07 Å². The summed E-state index contributed by atoms with van der Waals surface area (Å²) in [5.74, 6) is -0.419. The first-order valence-corrected chi connectivity index (χ1v) is 12.9. The van der Waals surface area contributed by atoms with Crippen LogP contribution in [0.15, 0.2) is 36.7 Å². The highest BCUT2D eigenvalue weighted by atomic mass is 19.1. The second-order valence-electron chi connectivity index (χ2n) is 10.3. The molecule has 0 bridgehead atoms. The number of nitrogens with zero attached hydrogens (tertiary/aromatic N) is 5. The molecule has 11 heteroatoms. The molecular formula is C27H31FN8O2. The molecule has 2 aliphatic heterocycles. The van der Waals surface area contributed by atoms with E-state index in [4.69, 9.17) is 9.72 Å². The van der Waals surface area contributed by atoms with Crippen molar-refractivity contribution in [1.29, 1.82) is 0 Å². The number of hydrogen-bond donors (Lipinski definition) is 3. The van der Waals surface area contributed by atoms with Crippen LogP contribution in [0.4, 0.5) is 21.7 Å². The molecule has 2 fully saturated rings. The van der Waals surface area contributed by atoms with Crippen LogP contribution in [-0.4, -0.2) is 70.1 Å². The minimum absolute atomic E-state index is 0.122. The monoisotopic (exact) mass is 518 g/mol. The summed E-state index contributed by atoms with van der Waals surface area (Å²) in [6.45, 7) is 7.26. The van der Waals surface area contributed by atoms with Crippen LogP contribution in [0.1, 0.15) is 30.6 Å². The number of halogens is 1. The molecule has 2 aromatic heterocycles. The lowest BCUT2D eigenvalue weighted by atomic mass is 10.0. The van der Waals surface area contributed by atoms with E-state index in [1.165, 1.54) is 6.07 Å². The summed E-state index contributed by atoms with van der Waals surface area (Å²) in [5, 5.41) is 15.3. The number of amides is 1. The summed E-state index contributed by atoms with van der Waals surface area (Å²) in [4.78, 5) is 25.2. The van der Waals surface area contributed by atoms with Crippen molar-refractivity contribution < 1.29 is 13.9 Å². The lowest BCUT2D eigenvalue weighted by molar-refractivity contribution is 0.102. The zero-order chi connectivity index (χ0) is 26.4. The van der Waals surface area contributed by atoms with Gasteiger partial charge in [-0.05, 0) is 44.5 Å². The van der Waals surface area contributed by atoms with E-state index >= 15 is 0 Å². The van der Waals surface area contributed by atoms with Gasteiger partial charge in [0.25, 0.3) is 5.91 Å². The Bertz CT molecular complexity index is 1510. The Morgan fingerprint density at radius 3 is 2.76 bits per heavy atom. The SMILES string of the molecule is C[C@@H]1CN(c2ccc(C(=O)Nc3cc(F)c4nn(C)cc4c3)c3nc(N[C@H]4CCOC4)ncc23)C[C@@H](C)N1. The fourth-order valence-corrected chi connectivity index (χ4v) is 5.47. The van der Waals surface area contributed by atoms with E-state index in [1.54, 1.807) is 36.3 Å². The molecule has 0 radical (unpaired) electrons. The van der Waals surface area contributed by atoms with E-state index < -0.39 is 5.82 Å². The largest absolute Gasteiger partial charge is 0.379 e. The molecule has 2 aliphatic rings. The minimum Gasteiger partial charge on any atom is -0.379 e. The molecule has 1 amide bonds. The molecule has 4 heterocycles. The van der Waals surface area contributed by atoms with Crippen molar-refractivity contribution in [2.75, 3.05) is 41.8 Å². The molecule has 0 aliphatic carbocycles. The molecule has 2 aromatic carbocycles. The Morgan fingerprint density at radius 1 is 1.18 bits per heavy atom. The van der Waals surface area contributed by atoms with Crippen molar-refractivity contribution in [2.45, 2.75) is 38.4 Å². The number of carbonyl (C=O) groups excluding carboxylic acids is 1. The van der Waals surface area contributed by atoms with Gasteiger partial charge >= 0.3 is 0 Å². The second-order valence-corrected chi connectivity index (χ2v) is 10.3. The number of benzene rings is 2. The van der Waals surface area contributed by atoms with Crippen LogP contribution in [0.2, 0.25) is 0 Å². The van der Waals surface area contributed by atoms with Crippen LogP contribution in [0.3, 0.4) is 0 Å². The summed E-state index contributed by atoms with van der Waals surface area (Å²) in [5.41, 5.74) is 2.53. The smallest absolute Gasteiger partial charge is 0.257 e.